The van der Waals surface area contributed by atoms with Crippen molar-refractivity contribution in [2.24, 2.45) is 0 Å². The maximum absolute atomic E-state index is 13.0. The first kappa shape index (κ1) is 18.7. The molecule has 0 aliphatic heterocycles. The van der Waals surface area contributed by atoms with Gasteiger partial charge in [-0.15, -0.1) is 0 Å². The molecule has 0 saturated carbocycles. The minimum absolute atomic E-state index is 0.00390. The van der Waals surface area contributed by atoms with Crippen LogP contribution >= 0.6 is 0 Å². The molecule has 0 aliphatic carbocycles. The maximum atomic E-state index is 13.0. The van der Waals surface area contributed by atoms with Gasteiger partial charge in [-0.1, -0.05) is 25.3 Å². The van der Waals surface area contributed by atoms with Gasteiger partial charge in [0.1, 0.15) is 17.2 Å². The molecule has 0 bridgehead atoms. The summed E-state index contributed by atoms with van der Waals surface area (Å²) in [4.78, 5) is 35.9. The summed E-state index contributed by atoms with van der Waals surface area (Å²) < 4.78 is 15.3. The van der Waals surface area contributed by atoms with Gasteiger partial charge in [0.15, 0.2) is 0 Å². The molecule has 0 heterocycles. The van der Waals surface area contributed by atoms with Crippen LogP contribution in [0.25, 0.3) is 0 Å². The second kappa shape index (κ2) is 8.43. The van der Waals surface area contributed by atoms with Crippen LogP contribution in [0.2, 0.25) is 0 Å². The van der Waals surface area contributed by atoms with Crippen molar-refractivity contribution >= 4 is 17.7 Å². The van der Waals surface area contributed by atoms with Crippen LogP contribution in [0.3, 0.4) is 0 Å². The molecule has 0 fully saturated rings. The molecule has 0 saturated heterocycles. The van der Waals surface area contributed by atoms with Gasteiger partial charge >= 0.3 is 11.9 Å². The molecule has 26 heavy (non-hydrogen) atoms. The van der Waals surface area contributed by atoms with Gasteiger partial charge in [-0.05, 0) is 30.3 Å². The van der Waals surface area contributed by atoms with Crippen molar-refractivity contribution in [3.8, 4) is 17.2 Å². The highest BCUT2D eigenvalue weighted by Crippen LogP contribution is 2.30. The van der Waals surface area contributed by atoms with Gasteiger partial charge in [-0.3, -0.25) is 4.79 Å². The van der Waals surface area contributed by atoms with Gasteiger partial charge < -0.3 is 14.2 Å². The number of benzene rings is 2. The summed E-state index contributed by atoms with van der Waals surface area (Å²) in [6.45, 7) is 6.64. The van der Waals surface area contributed by atoms with E-state index in [-0.39, 0.29) is 22.6 Å². The Morgan fingerprint density at radius 1 is 0.846 bits per heavy atom. The minimum Gasteiger partial charge on any atom is -0.496 e. The molecule has 0 aromatic heterocycles. The Hall–Kier alpha value is -3.67. The molecule has 2 aromatic carbocycles. The Labute approximate surface area is 150 Å². The van der Waals surface area contributed by atoms with E-state index in [1.165, 1.54) is 25.3 Å². The van der Waals surface area contributed by atoms with Crippen LogP contribution in [0.1, 0.15) is 15.9 Å². The third kappa shape index (κ3) is 4.24. The SMILES string of the molecule is C=CC(=O)Oc1ccc(OC(=O)C=C)c(C(=O)c2ccccc2OC)c1. The molecule has 0 radical (unpaired) electrons. The van der Waals surface area contributed by atoms with E-state index in [1.54, 1.807) is 24.3 Å². The average Bonchev–Trinajstić information content (AvgIpc) is 2.68. The van der Waals surface area contributed by atoms with Crippen molar-refractivity contribution < 1.29 is 28.6 Å². The number of ether oxygens (including phenoxy) is 3. The first-order valence-electron chi connectivity index (χ1n) is 7.50. The van der Waals surface area contributed by atoms with Crippen molar-refractivity contribution in [1.29, 1.82) is 0 Å². The summed E-state index contributed by atoms with van der Waals surface area (Å²) >= 11 is 0. The Morgan fingerprint density at radius 3 is 2.15 bits per heavy atom. The Morgan fingerprint density at radius 2 is 1.50 bits per heavy atom. The van der Waals surface area contributed by atoms with Gasteiger partial charge in [0.25, 0.3) is 0 Å². The summed E-state index contributed by atoms with van der Waals surface area (Å²) in [5.74, 6) is -1.42. The summed E-state index contributed by atoms with van der Waals surface area (Å²) in [7, 11) is 1.44. The zero-order valence-corrected chi connectivity index (χ0v) is 14.1. The molecule has 0 atom stereocenters. The predicted molar refractivity (Wildman–Crippen MR) is 94.5 cm³/mol. The molecule has 6 nitrogen and oxygen atoms in total. The summed E-state index contributed by atoms with van der Waals surface area (Å²) in [5, 5.41) is 0. The highest BCUT2D eigenvalue weighted by molar-refractivity contribution is 6.13. The van der Waals surface area contributed by atoms with Gasteiger partial charge in [0.2, 0.25) is 5.78 Å². The molecule has 0 aliphatic rings. The predicted octanol–water partition coefficient (Wildman–Crippen LogP) is 3.11. The normalized spacial score (nSPS) is 9.73. The van der Waals surface area contributed by atoms with Crippen LogP contribution in [-0.2, 0) is 9.59 Å². The Balaban J connectivity index is 2.53. The van der Waals surface area contributed by atoms with E-state index in [4.69, 9.17) is 14.2 Å². The van der Waals surface area contributed by atoms with Crippen LogP contribution in [0, 0.1) is 0 Å². The van der Waals surface area contributed by atoms with Gasteiger partial charge in [-0.2, -0.15) is 0 Å². The van der Waals surface area contributed by atoms with E-state index < -0.39 is 17.7 Å². The molecule has 6 heteroatoms. The van der Waals surface area contributed by atoms with Crippen molar-refractivity contribution in [3.05, 3.63) is 78.9 Å². The molecule has 2 rings (SSSR count). The minimum atomic E-state index is -0.727. The third-order valence-corrected chi connectivity index (χ3v) is 3.31. The average molecular weight is 352 g/mol. The first-order chi connectivity index (χ1) is 12.5. The van der Waals surface area contributed by atoms with E-state index in [0.717, 1.165) is 12.2 Å². The van der Waals surface area contributed by atoms with Crippen LogP contribution in [0.4, 0.5) is 0 Å². The van der Waals surface area contributed by atoms with Crippen LogP contribution in [-0.4, -0.2) is 24.8 Å². The zero-order valence-electron chi connectivity index (χ0n) is 14.1. The highest BCUT2D eigenvalue weighted by atomic mass is 16.5. The zero-order chi connectivity index (χ0) is 19.1. The smallest absolute Gasteiger partial charge is 0.335 e. The number of esters is 2. The van der Waals surface area contributed by atoms with Gasteiger partial charge in [-0.25, -0.2) is 9.59 Å². The maximum Gasteiger partial charge on any atom is 0.335 e. The number of methoxy groups -OCH3 is 1. The standard InChI is InChI=1S/C20H16O6/c1-4-18(21)25-13-10-11-17(26-19(22)5-2)15(12-13)20(23)14-8-6-7-9-16(14)24-3/h4-12H,1-2H2,3H3. The lowest BCUT2D eigenvalue weighted by Crippen LogP contribution is -2.11. The lowest BCUT2D eigenvalue weighted by Gasteiger charge is -2.12. The fourth-order valence-corrected chi connectivity index (χ4v) is 2.12. The first-order valence-corrected chi connectivity index (χ1v) is 7.50. The topological polar surface area (TPSA) is 78.9 Å². The fraction of sp³-hybridized carbons (Fsp3) is 0.0500. The Bertz CT molecular complexity index is 882. The monoisotopic (exact) mass is 352 g/mol. The second-order valence-electron chi connectivity index (χ2n) is 4.94. The number of para-hydroxylation sites is 1. The number of carbonyl (C=O) groups is 3. The lowest BCUT2D eigenvalue weighted by atomic mass is 10.0. The number of ketones is 1. The molecule has 132 valence electrons. The fourth-order valence-electron chi connectivity index (χ4n) is 2.12. The van der Waals surface area contributed by atoms with Gasteiger partial charge in [0, 0.05) is 12.2 Å². The van der Waals surface area contributed by atoms with Crippen LogP contribution in [0.5, 0.6) is 17.2 Å². The van der Waals surface area contributed by atoms with Crippen molar-refractivity contribution in [1.82, 2.24) is 0 Å². The van der Waals surface area contributed by atoms with Crippen molar-refractivity contribution in [3.63, 3.8) is 0 Å². The van der Waals surface area contributed by atoms with E-state index in [0.29, 0.717) is 5.75 Å². The quantitative estimate of drug-likeness (QED) is 0.330. The molecule has 0 amide bonds. The number of rotatable bonds is 7. The number of carbonyl (C=O) groups excluding carboxylic acids is 3. The summed E-state index contributed by atoms with van der Waals surface area (Å²) in [6.07, 6.45) is 1.97. The highest BCUT2D eigenvalue weighted by Gasteiger charge is 2.21. The van der Waals surface area contributed by atoms with E-state index in [9.17, 15) is 14.4 Å². The lowest BCUT2D eigenvalue weighted by molar-refractivity contribution is -0.130. The summed E-state index contributed by atoms with van der Waals surface area (Å²) in [6, 6.07) is 10.7. The van der Waals surface area contributed by atoms with Gasteiger partial charge in [0.05, 0.1) is 18.2 Å². The molecule has 0 N–H and O–H groups in total. The van der Waals surface area contributed by atoms with Crippen LogP contribution < -0.4 is 14.2 Å². The molecular weight excluding hydrogens is 336 g/mol. The van der Waals surface area contributed by atoms with E-state index >= 15 is 0 Å². The van der Waals surface area contributed by atoms with Crippen molar-refractivity contribution in [2.45, 2.75) is 0 Å². The molecule has 2 aromatic rings. The molecular formula is C20H16O6. The second-order valence-corrected chi connectivity index (χ2v) is 4.94. The molecule has 0 spiro atoms. The van der Waals surface area contributed by atoms with E-state index in [1.807, 2.05) is 0 Å². The third-order valence-electron chi connectivity index (χ3n) is 3.31. The number of hydrogen-bond donors (Lipinski definition) is 0. The number of hydrogen-bond acceptors (Lipinski definition) is 6. The Kier molecular flexibility index (Phi) is 6.06. The van der Waals surface area contributed by atoms with Crippen molar-refractivity contribution in [2.75, 3.05) is 7.11 Å². The van der Waals surface area contributed by atoms with Crippen LogP contribution in [0.15, 0.2) is 67.8 Å². The largest absolute Gasteiger partial charge is 0.496 e. The summed E-state index contributed by atoms with van der Waals surface area (Å²) in [5.41, 5.74) is 0.289. The molecule has 0 unspecified atom stereocenters. The van der Waals surface area contributed by atoms with E-state index in [2.05, 4.69) is 13.2 Å².